The third kappa shape index (κ3) is 4.29. The van der Waals surface area contributed by atoms with Crippen molar-refractivity contribution in [1.82, 2.24) is 14.6 Å². The second-order valence-electron chi connectivity index (χ2n) is 9.35. The van der Waals surface area contributed by atoms with Gasteiger partial charge in [0.1, 0.15) is 23.2 Å². The minimum absolute atomic E-state index is 0.174. The molecule has 2 saturated carbocycles. The number of aliphatic imine (C=N–C) groups is 1. The van der Waals surface area contributed by atoms with Crippen LogP contribution in [0.2, 0.25) is 0 Å². The van der Waals surface area contributed by atoms with Crippen molar-refractivity contribution in [1.29, 1.82) is 0 Å². The van der Waals surface area contributed by atoms with Crippen molar-refractivity contribution in [2.75, 3.05) is 20.7 Å². The van der Waals surface area contributed by atoms with Crippen molar-refractivity contribution in [3.8, 4) is 11.6 Å². The number of nitrogens with two attached hydrogens (primary N) is 1. The highest BCUT2D eigenvalue weighted by atomic mass is 32.2. The molecule has 5 rings (SSSR count). The summed E-state index contributed by atoms with van der Waals surface area (Å²) in [7, 11) is -0.0856. The number of amides is 1. The van der Waals surface area contributed by atoms with Crippen LogP contribution in [0.15, 0.2) is 35.5 Å². The summed E-state index contributed by atoms with van der Waals surface area (Å²) in [6.45, 7) is 0.609. The van der Waals surface area contributed by atoms with Gasteiger partial charge in [-0.05, 0) is 38.8 Å². The normalized spacial score (nSPS) is 24.7. The average Bonchev–Trinajstić information content (AvgIpc) is 3.72. The van der Waals surface area contributed by atoms with Gasteiger partial charge in [-0.3, -0.25) is 19.4 Å². The zero-order valence-corrected chi connectivity index (χ0v) is 20.0. The largest absolute Gasteiger partial charge is 0.494 e. The molecular formula is C23H29N5O5S. The highest BCUT2D eigenvalue weighted by Gasteiger charge is 2.53. The first-order chi connectivity index (χ1) is 16.2. The van der Waals surface area contributed by atoms with E-state index in [1.54, 1.807) is 13.3 Å². The van der Waals surface area contributed by atoms with E-state index in [0.717, 1.165) is 10.8 Å². The molecule has 10 nitrogen and oxygen atoms in total. The number of amidine groups is 1. The van der Waals surface area contributed by atoms with Gasteiger partial charge in [-0.15, -0.1) is 0 Å². The molecule has 34 heavy (non-hydrogen) atoms. The number of aromatic nitrogens is 1. The molecule has 1 saturated heterocycles. The van der Waals surface area contributed by atoms with Gasteiger partial charge in [0.15, 0.2) is 0 Å². The van der Waals surface area contributed by atoms with Gasteiger partial charge in [0.25, 0.3) is 5.91 Å². The Kier molecular flexibility index (Phi) is 5.64. The molecule has 0 spiro atoms. The maximum absolute atomic E-state index is 12.7. The number of likely N-dealkylation sites (tertiary alicyclic amines) is 1. The molecule has 3 N–H and O–H groups in total. The van der Waals surface area contributed by atoms with Crippen molar-refractivity contribution in [3.05, 3.63) is 30.5 Å². The molecule has 3 fully saturated rings. The molecule has 2 atom stereocenters. The Hall–Kier alpha value is -2.92. The van der Waals surface area contributed by atoms with Crippen LogP contribution in [0.1, 0.15) is 32.1 Å². The molecular weight excluding hydrogens is 458 g/mol. The molecule has 1 aliphatic heterocycles. The number of sulfonamides is 1. The van der Waals surface area contributed by atoms with Gasteiger partial charge < -0.3 is 15.2 Å². The number of fused-ring (bicyclic) bond motifs is 1. The van der Waals surface area contributed by atoms with Gasteiger partial charge in [0.05, 0.1) is 24.6 Å². The molecule has 0 radical (unpaired) electrons. The van der Waals surface area contributed by atoms with Gasteiger partial charge >= 0.3 is 0 Å². The van der Waals surface area contributed by atoms with Crippen LogP contribution in [-0.2, 0) is 14.8 Å². The van der Waals surface area contributed by atoms with Crippen molar-refractivity contribution in [3.63, 3.8) is 0 Å². The number of hydrogen-bond acceptors (Lipinski definition) is 8. The zero-order chi connectivity index (χ0) is 24.1. The van der Waals surface area contributed by atoms with Crippen LogP contribution < -0.4 is 19.9 Å². The minimum Gasteiger partial charge on any atom is -0.494 e. The molecule has 0 bridgehead atoms. The number of ether oxygens (including phenoxy) is 2. The SMILES string of the molecule is COc1cnc(OC2CC(C(N)=NC3(C(=O)NS(=O)(=O)C4CC4)CC3)N(C)C2)c2ccccc12. The number of nitrogens with one attached hydrogen (secondary N) is 1. The minimum atomic E-state index is -3.62. The van der Waals surface area contributed by atoms with Gasteiger partial charge in [0.2, 0.25) is 15.9 Å². The van der Waals surface area contributed by atoms with E-state index in [9.17, 15) is 13.2 Å². The lowest BCUT2D eigenvalue weighted by Crippen LogP contribution is -2.44. The number of carbonyl (C=O) groups excluding carboxylic acids is 1. The number of benzene rings is 1. The smallest absolute Gasteiger partial charge is 0.261 e. The first-order valence-electron chi connectivity index (χ1n) is 11.4. The van der Waals surface area contributed by atoms with Crippen LogP contribution in [0.5, 0.6) is 11.6 Å². The van der Waals surface area contributed by atoms with Gasteiger partial charge in [0, 0.05) is 23.7 Å². The number of hydrogen-bond donors (Lipinski definition) is 2. The summed E-state index contributed by atoms with van der Waals surface area (Å²) in [6, 6.07) is 7.54. The highest BCUT2D eigenvalue weighted by molar-refractivity contribution is 7.91. The summed E-state index contributed by atoms with van der Waals surface area (Å²) in [4.78, 5) is 23.7. The Balaban J connectivity index is 1.29. The Morgan fingerprint density at radius 2 is 1.97 bits per heavy atom. The lowest BCUT2D eigenvalue weighted by molar-refractivity contribution is -0.121. The molecule has 1 aromatic carbocycles. The number of carbonyl (C=O) groups is 1. The summed E-state index contributed by atoms with van der Waals surface area (Å²) in [5.74, 6) is 0.939. The first-order valence-corrected chi connectivity index (χ1v) is 13.0. The fourth-order valence-electron chi connectivity index (χ4n) is 4.45. The Bertz CT molecular complexity index is 1260. The predicted molar refractivity (Wildman–Crippen MR) is 127 cm³/mol. The monoisotopic (exact) mass is 487 g/mol. The van der Waals surface area contributed by atoms with Gasteiger partial charge in [-0.25, -0.2) is 13.4 Å². The molecule has 2 unspecified atom stereocenters. The summed E-state index contributed by atoms with van der Waals surface area (Å²) >= 11 is 0. The molecule has 1 aromatic heterocycles. The van der Waals surface area contributed by atoms with Crippen LogP contribution in [0.4, 0.5) is 0 Å². The molecule has 1 amide bonds. The number of likely N-dealkylation sites (N-methyl/N-ethyl adjacent to an activating group) is 1. The van der Waals surface area contributed by atoms with Crippen molar-refractivity contribution in [2.24, 2.45) is 10.7 Å². The van der Waals surface area contributed by atoms with Crippen molar-refractivity contribution < 1.29 is 22.7 Å². The standard InChI is InChI=1S/C23H29N5O5S/c1-28-13-14(33-21-17-6-4-3-5-16(17)19(32-2)12-25-21)11-18(28)20(24)26-23(9-10-23)22(29)27-34(30,31)15-7-8-15/h3-6,12,14-15,18H,7-11,13H2,1-2H3,(H2,24,26)(H,27,29). The van der Waals surface area contributed by atoms with E-state index in [1.165, 1.54) is 0 Å². The molecule has 11 heteroatoms. The fourth-order valence-corrected chi connectivity index (χ4v) is 5.83. The maximum Gasteiger partial charge on any atom is 0.261 e. The third-order valence-electron chi connectivity index (χ3n) is 6.76. The summed E-state index contributed by atoms with van der Waals surface area (Å²) in [5, 5.41) is 1.32. The summed E-state index contributed by atoms with van der Waals surface area (Å²) in [5.41, 5.74) is 5.26. The quantitative estimate of drug-likeness (QED) is 0.419. The second kappa shape index (κ2) is 8.38. The maximum atomic E-state index is 12.7. The zero-order valence-electron chi connectivity index (χ0n) is 19.2. The van der Waals surface area contributed by atoms with Gasteiger partial charge in [-0.2, -0.15) is 0 Å². The average molecular weight is 488 g/mol. The topological polar surface area (TPSA) is 136 Å². The molecule has 2 heterocycles. The van der Waals surface area contributed by atoms with E-state index >= 15 is 0 Å². The van der Waals surface area contributed by atoms with E-state index in [4.69, 9.17) is 15.2 Å². The number of nitrogens with zero attached hydrogens (tertiary/aromatic N) is 3. The van der Waals surface area contributed by atoms with Crippen molar-refractivity contribution in [2.45, 2.75) is 55.0 Å². The van der Waals surface area contributed by atoms with Gasteiger partial charge in [-0.1, -0.05) is 18.2 Å². The third-order valence-corrected chi connectivity index (χ3v) is 8.58. The predicted octanol–water partition coefficient (Wildman–Crippen LogP) is 1.19. The lowest BCUT2D eigenvalue weighted by Gasteiger charge is -2.20. The Labute approximate surface area is 198 Å². The van der Waals surface area contributed by atoms with Crippen LogP contribution in [0.3, 0.4) is 0 Å². The number of pyridine rings is 1. The van der Waals surface area contributed by atoms with E-state index in [0.29, 0.717) is 56.1 Å². The van der Waals surface area contributed by atoms with Crippen LogP contribution >= 0.6 is 0 Å². The van der Waals surface area contributed by atoms with Crippen LogP contribution in [0, 0.1) is 0 Å². The van der Waals surface area contributed by atoms with Crippen molar-refractivity contribution >= 4 is 32.5 Å². The van der Waals surface area contributed by atoms with Crippen LogP contribution in [0.25, 0.3) is 10.8 Å². The molecule has 182 valence electrons. The second-order valence-corrected chi connectivity index (χ2v) is 11.3. The van der Waals surface area contributed by atoms with Crippen LogP contribution in [-0.4, -0.2) is 73.7 Å². The number of methoxy groups -OCH3 is 1. The highest BCUT2D eigenvalue weighted by Crippen LogP contribution is 2.41. The molecule has 3 aliphatic rings. The fraction of sp³-hybridized carbons (Fsp3) is 0.522. The van der Waals surface area contributed by atoms with E-state index in [-0.39, 0.29) is 12.1 Å². The summed E-state index contributed by atoms with van der Waals surface area (Å²) < 4.78 is 38.2. The molecule has 2 aliphatic carbocycles. The number of rotatable bonds is 8. The Morgan fingerprint density at radius 1 is 1.26 bits per heavy atom. The van der Waals surface area contributed by atoms with E-state index < -0.39 is 26.7 Å². The van der Waals surface area contributed by atoms with E-state index in [1.807, 2.05) is 36.2 Å². The summed E-state index contributed by atoms with van der Waals surface area (Å²) in [6.07, 6.45) is 4.20. The lowest BCUT2D eigenvalue weighted by atomic mass is 10.1. The van der Waals surface area contributed by atoms with E-state index in [2.05, 4.69) is 14.7 Å². The molecule has 2 aromatic rings. The Morgan fingerprint density at radius 3 is 2.62 bits per heavy atom. The first kappa shape index (κ1) is 22.9.